The summed E-state index contributed by atoms with van der Waals surface area (Å²) < 4.78 is 0. The van der Waals surface area contributed by atoms with Gasteiger partial charge in [0, 0.05) is 12.2 Å². The lowest BCUT2D eigenvalue weighted by Gasteiger charge is -2.42. The largest absolute Gasteiger partial charge is 0.328 e. The van der Waals surface area contributed by atoms with E-state index in [0.29, 0.717) is 0 Å². The van der Waals surface area contributed by atoms with Gasteiger partial charge in [-0.3, -0.25) is 0 Å². The molecule has 1 saturated carbocycles. The van der Waals surface area contributed by atoms with E-state index in [1.165, 1.54) is 26.0 Å². The maximum Gasteiger partial charge on any atom is 0.115 e. The van der Waals surface area contributed by atoms with Crippen LogP contribution in [0, 0.1) is 0 Å². The van der Waals surface area contributed by atoms with Crippen molar-refractivity contribution in [1.29, 1.82) is 0 Å². The van der Waals surface area contributed by atoms with Crippen LogP contribution in [0.25, 0.3) is 0 Å². The molecule has 1 heterocycles. The summed E-state index contributed by atoms with van der Waals surface area (Å²) in [6.45, 7) is 10.1. The molecule has 0 radical (unpaired) electrons. The van der Waals surface area contributed by atoms with Gasteiger partial charge in [0.15, 0.2) is 0 Å². The molecule has 4 N–H and O–H groups in total. The fourth-order valence-corrected chi connectivity index (χ4v) is 2.34. The van der Waals surface area contributed by atoms with Gasteiger partial charge in [-0.05, 0) is 38.5 Å². The molecule has 1 fully saturated rings. The molecule has 1 aromatic heterocycles. The Labute approximate surface area is 128 Å². The van der Waals surface area contributed by atoms with Crippen molar-refractivity contribution >= 4 is 12.4 Å². The minimum Gasteiger partial charge on any atom is -0.328 e. The molecule has 0 atom stereocenters. The van der Waals surface area contributed by atoms with Gasteiger partial charge in [-0.1, -0.05) is 20.8 Å². The van der Waals surface area contributed by atoms with Crippen LogP contribution in [0.1, 0.15) is 39.3 Å². The highest BCUT2D eigenvalue weighted by atomic mass is 35.5. The highest BCUT2D eigenvalue weighted by Gasteiger charge is 2.41. The number of nitrogens with zero attached hydrogens (tertiary/aromatic N) is 3. The van der Waals surface area contributed by atoms with E-state index in [9.17, 15) is 0 Å². The molecule has 20 heavy (non-hydrogen) atoms. The van der Waals surface area contributed by atoms with Gasteiger partial charge in [0.25, 0.3) is 0 Å². The van der Waals surface area contributed by atoms with Crippen molar-refractivity contribution < 1.29 is 0 Å². The van der Waals surface area contributed by atoms with Crippen LogP contribution in [-0.4, -0.2) is 40.5 Å². The van der Waals surface area contributed by atoms with Gasteiger partial charge in [0.2, 0.25) is 0 Å². The number of hydrogen-bond acceptors (Lipinski definition) is 5. The zero-order valence-electron chi connectivity index (χ0n) is 12.7. The molecule has 0 amide bonds. The highest BCUT2D eigenvalue weighted by Crippen LogP contribution is 2.36. The molecule has 6 heteroatoms. The molecule has 1 aliphatic carbocycles. The first-order valence-corrected chi connectivity index (χ1v) is 7.09. The van der Waals surface area contributed by atoms with E-state index < -0.39 is 0 Å². The average molecular weight is 302 g/mol. The predicted molar refractivity (Wildman–Crippen MR) is 85.8 cm³/mol. The smallest absolute Gasteiger partial charge is 0.115 e. The zero-order valence-corrected chi connectivity index (χ0v) is 13.6. The first kappa shape index (κ1) is 19.2. The van der Waals surface area contributed by atoms with Crippen LogP contribution in [0.3, 0.4) is 0 Å². The maximum atomic E-state index is 6.04. The highest BCUT2D eigenvalue weighted by molar-refractivity contribution is 5.85. The Morgan fingerprint density at radius 1 is 1.25 bits per heavy atom. The predicted octanol–water partition coefficient (Wildman–Crippen LogP) is 1.52. The summed E-state index contributed by atoms with van der Waals surface area (Å²) >= 11 is 0. The van der Waals surface area contributed by atoms with E-state index in [2.05, 4.69) is 35.6 Å². The van der Waals surface area contributed by atoms with E-state index >= 15 is 0 Å². The minimum atomic E-state index is -0.289. The maximum absolute atomic E-state index is 6.04. The first-order chi connectivity index (χ1) is 9.05. The van der Waals surface area contributed by atoms with Crippen LogP contribution in [0.5, 0.6) is 0 Å². The van der Waals surface area contributed by atoms with Crippen molar-refractivity contribution in [1.82, 2.24) is 14.9 Å². The summed E-state index contributed by atoms with van der Waals surface area (Å²) in [5.74, 6) is 0. The van der Waals surface area contributed by atoms with Gasteiger partial charge in [0.05, 0.1) is 11.2 Å². The third-order valence-corrected chi connectivity index (χ3v) is 3.69. The van der Waals surface area contributed by atoms with Gasteiger partial charge < -0.3 is 16.4 Å². The third-order valence-electron chi connectivity index (χ3n) is 3.69. The topological polar surface area (TPSA) is 81.1 Å². The normalized spacial score (nSPS) is 24.2. The summed E-state index contributed by atoms with van der Waals surface area (Å²) in [7, 11) is 0. The summed E-state index contributed by atoms with van der Waals surface area (Å²) in [5.41, 5.74) is 12.3. The molecule has 0 aromatic carbocycles. The van der Waals surface area contributed by atoms with Crippen LogP contribution in [-0.2, 0) is 5.54 Å². The van der Waals surface area contributed by atoms with Crippen LogP contribution in [0.4, 0.5) is 0 Å². The molecule has 0 aliphatic heterocycles. The van der Waals surface area contributed by atoms with Gasteiger partial charge in [-0.2, -0.15) is 0 Å². The summed E-state index contributed by atoms with van der Waals surface area (Å²) in [4.78, 5) is 10.3. The Bertz CT molecular complexity index is 344. The summed E-state index contributed by atoms with van der Waals surface area (Å²) in [6.07, 6.45) is 4.88. The second-order valence-corrected chi connectivity index (χ2v) is 5.04. The number of aromatic nitrogens is 2. The third kappa shape index (κ3) is 5.32. The van der Waals surface area contributed by atoms with Crippen LogP contribution < -0.4 is 11.5 Å². The van der Waals surface area contributed by atoms with Gasteiger partial charge in [0.1, 0.15) is 6.33 Å². The SMILES string of the molecule is CCN(CC)CC.Cl.NC1CC(N)(c2ccncn2)C1. The fraction of sp³-hybridized carbons (Fsp3) is 0.714. The standard InChI is InChI=1S/C8H12N4.C6H15N.ClH/c9-6-3-8(10,4-6)7-1-2-11-5-12-7;1-4-7(5-2)6-3;/h1-2,5-6H,3-4,9-10H2;4-6H2,1-3H3;1H. The summed E-state index contributed by atoms with van der Waals surface area (Å²) in [5, 5.41) is 0. The number of nitrogens with two attached hydrogens (primary N) is 2. The average Bonchev–Trinajstić information content (AvgIpc) is 2.41. The lowest BCUT2D eigenvalue weighted by Crippen LogP contribution is -2.55. The Hall–Kier alpha value is -0.750. The number of rotatable bonds is 4. The van der Waals surface area contributed by atoms with E-state index in [1.54, 1.807) is 6.20 Å². The molecule has 5 nitrogen and oxygen atoms in total. The van der Waals surface area contributed by atoms with Crippen molar-refractivity contribution in [3.8, 4) is 0 Å². The van der Waals surface area contributed by atoms with Crippen LogP contribution in [0.15, 0.2) is 18.6 Å². The van der Waals surface area contributed by atoms with Crippen molar-refractivity contribution in [3.05, 3.63) is 24.3 Å². The quantitative estimate of drug-likeness (QED) is 0.881. The van der Waals surface area contributed by atoms with E-state index in [0.717, 1.165) is 18.5 Å². The van der Waals surface area contributed by atoms with Crippen LogP contribution >= 0.6 is 12.4 Å². The zero-order chi connectivity index (χ0) is 14.3. The van der Waals surface area contributed by atoms with Gasteiger partial charge >= 0.3 is 0 Å². The second-order valence-electron chi connectivity index (χ2n) is 5.04. The molecule has 116 valence electrons. The molecule has 0 saturated heterocycles. The molecule has 0 unspecified atom stereocenters. The number of hydrogen-bond donors (Lipinski definition) is 2. The fourth-order valence-electron chi connectivity index (χ4n) is 2.34. The molecular weight excluding hydrogens is 274 g/mol. The number of halogens is 1. The van der Waals surface area contributed by atoms with Gasteiger partial charge in [-0.15, -0.1) is 12.4 Å². The van der Waals surface area contributed by atoms with Crippen LogP contribution in [0.2, 0.25) is 0 Å². The van der Waals surface area contributed by atoms with Crippen molar-refractivity contribution in [2.24, 2.45) is 11.5 Å². The monoisotopic (exact) mass is 301 g/mol. The lowest BCUT2D eigenvalue weighted by molar-refractivity contribution is 0.205. The van der Waals surface area contributed by atoms with E-state index in [-0.39, 0.29) is 24.0 Å². The molecule has 1 aromatic rings. The lowest BCUT2D eigenvalue weighted by atomic mass is 9.72. The van der Waals surface area contributed by atoms with E-state index in [4.69, 9.17) is 11.5 Å². The van der Waals surface area contributed by atoms with Gasteiger partial charge in [-0.25, -0.2) is 9.97 Å². The first-order valence-electron chi connectivity index (χ1n) is 7.09. The Morgan fingerprint density at radius 2 is 1.80 bits per heavy atom. The van der Waals surface area contributed by atoms with Crippen molar-refractivity contribution in [2.75, 3.05) is 19.6 Å². The molecule has 1 aliphatic rings. The molecule has 0 spiro atoms. The van der Waals surface area contributed by atoms with Crippen molar-refractivity contribution in [3.63, 3.8) is 0 Å². The Kier molecular flexibility index (Phi) is 8.89. The second kappa shape index (κ2) is 9.23. The molecule has 0 bridgehead atoms. The minimum absolute atomic E-state index is 0. The van der Waals surface area contributed by atoms with E-state index in [1.807, 2.05) is 6.07 Å². The Morgan fingerprint density at radius 3 is 2.10 bits per heavy atom. The molecular formula is C14H28ClN5. The Balaban J connectivity index is 0.000000396. The molecule has 2 rings (SSSR count). The van der Waals surface area contributed by atoms with Crippen molar-refractivity contribution in [2.45, 2.75) is 45.2 Å². The summed E-state index contributed by atoms with van der Waals surface area (Å²) in [6, 6.07) is 2.09.